The van der Waals surface area contributed by atoms with Crippen LogP contribution in [-0.2, 0) is 4.79 Å². The minimum atomic E-state index is -2.69. The van der Waals surface area contributed by atoms with Crippen LogP contribution in [0.3, 0.4) is 0 Å². The van der Waals surface area contributed by atoms with E-state index in [0.29, 0.717) is 36.6 Å². The second-order valence-corrected chi connectivity index (χ2v) is 7.05. The van der Waals surface area contributed by atoms with Crippen LogP contribution in [0.4, 0.5) is 14.6 Å². The first-order valence-corrected chi connectivity index (χ1v) is 9.15. The number of aliphatic imine (C=N–C) groups is 1. The van der Waals surface area contributed by atoms with Crippen LogP contribution in [0, 0.1) is 0 Å². The predicted molar refractivity (Wildman–Crippen MR) is 101 cm³/mol. The van der Waals surface area contributed by atoms with Gasteiger partial charge in [-0.2, -0.15) is 0 Å². The second-order valence-electron chi connectivity index (χ2n) is 7.05. The summed E-state index contributed by atoms with van der Waals surface area (Å²) in [7, 11) is 0. The van der Waals surface area contributed by atoms with Crippen molar-refractivity contribution in [2.45, 2.75) is 32.1 Å². The number of amides is 2. The van der Waals surface area contributed by atoms with Crippen LogP contribution in [0.25, 0.3) is 0 Å². The molecule has 28 heavy (non-hydrogen) atoms. The maximum absolute atomic E-state index is 13.2. The first kappa shape index (κ1) is 19.9. The number of nitrogens with two attached hydrogens (primary N) is 1. The van der Waals surface area contributed by atoms with E-state index in [9.17, 15) is 18.4 Å². The number of hydrogen-bond donors (Lipinski definition) is 1. The molecule has 1 aromatic rings. The molecule has 3 heterocycles. The van der Waals surface area contributed by atoms with Gasteiger partial charge in [-0.3, -0.25) is 9.59 Å². The molecule has 0 aliphatic carbocycles. The molecule has 3 rings (SSSR count). The first-order chi connectivity index (χ1) is 13.2. The van der Waals surface area contributed by atoms with Crippen molar-refractivity contribution in [1.82, 2.24) is 14.8 Å². The van der Waals surface area contributed by atoms with Gasteiger partial charge < -0.3 is 15.5 Å². The molecule has 0 spiro atoms. The van der Waals surface area contributed by atoms with Gasteiger partial charge in [-0.25, -0.2) is 18.8 Å². The molecule has 0 aromatic carbocycles. The molecule has 1 aromatic heterocycles. The van der Waals surface area contributed by atoms with E-state index in [0.717, 1.165) is 5.57 Å². The highest BCUT2D eigenvalue weighted by Gasteiger charge is 2.35. The molecule has 150 valence electrons. The van der Waals surface area contributed by atoms with E-state index < -0.39 is 5.92 Å². The number of carbonyl (C=O) groups excluding carboxylic acids is 2. The minimum absolute atomic E-state index is 0.0186. The Bertz CT molecular complexity index is 810. The lowest BCUT2D eigenvalue weighted by Crippen LogP contribution is -2.42. The Balaban J connectivity index is 1.64. The number of alkyl halides is 2. The SMILES string of the molecule is CC(=O)N1CCC(N)=C(C=Nc2ccc(C(=O)N3CCC(F)(F)CC3)cn2)C1. The Labute approximate surface area is 161 Å². The zero-order valence-electron chi connectivity index (χ0n) is 15.7. The van der Waals surface area contributed by atoms with Gasteiger partial charge in [-0.15, -0.1) is 0 Å². The summed E-state index contributed by atoms with van der Waals surface area (Å²) >= 11 is 0. The molecular weight excluding hydrogens is 368 g/mol. The Morgan fingerprint density at radius 1 is 1.21 bits per heavy atom. The molecule has 2 amide bonds. The van der Waals surface area contributed by atoms with Gasteiger partial charge in [0.1, 0.15) is 0 Å². The lowest BCUT2D eigenvalue weighted by atomic mass is 10.1. The number of carbonyl (C=O) groups is 2. The van der Waals surface area contributed by atoms with Gasteiger partial charge in [0.05, 0.1) is 5.56 Å². The number of aromatic nitrogens is 1. The third kappa shape index (κ3) is 4.71. The topological polar surface area (TPSA) is 91.9 Å². The summed E-state index contributed by atoms with van der Waals surface area (Å²) < 4.78 is 26.5. The standard InChI is InChI=1S/C19H23F2N5O2/c1-13(27)26-7-4-16(22)15(12-26)11-24-17-3-2-14(10-23-17)18(28)25-8-5-19(20,21)6-9-25/h2-3,10-11H,4-9,12,22H2,1H3. The van der Waals surface area contributed by atoms with E-state index in [1.54, 1.807) is 23.2 Å². The number of hydrogen-bond acceptors (Lipinski definition) is 5. The Morgan fingerprint density at radius 2 is 1.93 bits per heavy atom. The number of likely N-dealkylation sites (tertiary alicyclic amines) is 1. The molecule has 1 saturated heterocycles. The molecule has 0 bridgehead atoms. The summed E-state index contributed by atoms with van der Waals surface area (Å²) in [5.41, 5.74) is 7.79. The highest BCUT2D eigenvalue weighted by atomic mass is 19.3. The minimum Gasteiger partial charge on any atom is -0.402 e. The molecule has 1 fully saturated rings. The fourth-order valence-electron chi connectivity index (χ4n) is 3.15. The fourth-order valence-corrected chi connectivity index (χ4v) is 3.15. The first-order valence-electron chi connectivity index (χ1n) is 9.15. The smallest absolute Gasteiger partial charge is 0.255 e. The maximum Gasteiger partial charge on any atom is 0.255 e. The maximum atomic E-state index is 13.2. The van der Waals surface area contributed by atoms with Crippen molar-refractivity contribution in [2.24, 2.45) is 10.7 Å². The summed E-state index contributed by atoms with van der Waals surface area (Å²) in [6.07, 6.45) is 2.94. The molecule has 0 atom stereocenters. The van der Waals surface area contributed by atoms with Crippen molar-refractivity contribution in [2.75, 3.05) is 26.2 Å². The lowest BCUT2D eigenvalue weighted by molar-refractivity contribution is -0.128. The van der Waals surface area contributed by atoms with Crippen molar-refractivity contribution in [3.8, 4) is 0 Å². The summed E-state index contributed by atoms with van der Waals surface area (Å²) in [5.74, 6) is -2.63. The van der Waals surface area contributed by atoms with Gasteiger partial charge in [0.2, 0.25) is 5.91 Å². The van der Waals surface area contributed by atoms with Gasteiger partial charge in [0.15, 0.2) is 5.82 Å². The van der Waals surface area contributed by atoms with Gasteiger partial charge in [-0.1, -0.05) is 0 Å². The third-order valence-electron chi connectivity index (χ3n) is 5.00. The van der Waals surface area contributed by atoms with Gasteiger partial charge in [-0.05, 0) is 12.1 Å². The zero-order valence-corrected chi connectivity index (χ0v) is 15.7. The zero-order chi connectivity index (χ0) is 20.3. The molecule has 2 N–H and O–H groups in total. The highest BCUT2D eigenvalue weighted by Crippen LogP contribution is 2.28. The summed E-state index contributed by atoms with van der Waals surface area (Å²) in [6.45, 7) is 2.57. The van der Waals surface area contributed by atoms with Gasteiger partial charge in [0, 0.05) is 76.0 Å². The number of piperidine rings is 1. The third-order valence-corrected chi connectivity index (χ3v) is 5.00. The van der Waals surface area contributed by atoms with E-state index in [4.69, 9.17) is 5.73 Å². The second kappa shape index (κ2) is 8.04. The normalized spacial score (nSPS) is 20.0. The van der Waals surface area contributed by atoms with Crippen LogP contribution in [0.15, 0.2) is 34.6 Å². The number of pyridine rings is 1. The fraction of sp³-hybridized carbons (Fsp3) is 0.474. The number of nitrogens with zero attached hydrogens (tertiary/aromatic N) is 4. The highest BCUT2D eigenvalue weighted by molar-refractivity contribution is 5.94. The molecule has 0 saturated carbocycles. The van der Waals surface area contributed by atoms with E-state index in [2.05, 4.69) is 9.98 Å². The van der Waals surface area contributed by atoms with E-state index in [1.165, 1.54) is 18.0 Å². The number of rotatable bonds is 3. The molecular formula is C19H23F2N5O2. The molecule has 0 radical (unpaired) electrons. The average molecular weight is 391 g/mol. The Hall–Kier alpha value is -2.84. The molecule has 7 nitrogen and oxygen atoms in total. The van der Waals surface area contributed by atoms with Crippen LogP contribution in [0.2, 0.25) is 0 Å². The molecule has 9 heteroatoms. The average Bonchev–Trinajstić information content (AvgIpc) is 2.67. The van der Waals surface area contributed by atoms with Crippen molar-refractivity contribution in [3.63, 3.8) is 0 Å². The van der Waals surface area contributed by atoms with Gasteiger partial charge in [0.25, 0.3) is 11.8 Å². The summed E-state index contributed by atoms with van der Waals surface area (Å²) in [5, 5.41) is 0. The van der Waals surface area contributed by atoms with Crippen LogP contribution in [0.1, 0.15) is 36.5 Å². The van der Waals surface area contributed by atoms with Crippen molar-refractivity contribution >= 4 is 23.8 Å². The number of halogens is 2. The quantitative estimate of drug-likeness (QED) is 0.799. The summed E-state index contributed by atoms with van der Waals surface area (Å²) in [6, 6.07) is 3.17. The molecule has 2 aliphatic rings. The van der Waals surface area contributed by atoms with Crippen molar-refractivity contribution < 1.29 is 18.4 Å². The van der Waals surface area contributed by atoms with Crippen LogP contribution >= 0.6 is 0 Å². The Kier molecular flexibility index (Phi) is 5.71. The van der Waals surface area contributed by atoms with Crippen LogP contribution in [-0.4, -0.2) is 64.9 Å². The largest absolute Gasteiger partial charge is 0.402 e. The lowest BCUT2D eigenvalue weighted by Gasteiger charge is -2.31. The van der Waals surface area contributed by atoms with E-state index in [1.807, 2.05) is 0 Å². The van der Waals surface area contributed by atoms with Gasteiger partial charge >= 0.3 is 0 Å². The predicted octanol–water partition coefficient (Wildman–Crippen LogP) is 2.12. The molecule has 2 aliphatic heterocycles. The van der Waals surface area contributed by atoms with E-state index in [-0.39, 0.29) is 37.7 Å². The van der Waals surface area contributed by atoms with Crippen molar-refractivity contribution in [3.05, 3.63) is 35.2 Å². The van der Waals surface area contributed by atoms with Crippen LogP contribution < -0.4 is 5.73 Å². The monoisotopic (exact) mass is 391 g/mol. The summed E-state index contributed by atoms with van der Waals surface area (Å²) in [4.78, 5) is 35.5. The van der Waals surface area contributed by atoms with E-state index >= 15 is 0 Å². The Morgan fingerprint density at radius 3 is 2.54 bits per heavy atom. The van der Waals surface area contributed by atoms with Crippen LogP contribution in [0.5, 0.6) is 0 Å². The van der Waals surface area contributed by atoms with Crippen molar-refractivity contribution in [1.29, 1.82) is 0 Å². The molecule has 0 unspecified atom stereocenters.